The van der Waals surface area contributed by atoms with Crippen molar-refractivity contribution in [2.75, 3.05) is 0 Å². The number of fused-ring (bicyclic) bond motifs is 1. The molecule has 1 aromatic rings. The van der Waals surface area contributed by atoms with E-state index in [0.29, 0.717) is 6.08 Å². The highest BCUT2D eigenvalue weighted by atomic mass is 19.4. The van der Waals surface area contributed by atoms with Crippen molar-refractivity contribution in [3.63, 3.8) is 0 Å². The molecule has 1 aromatic carbocycles. The van der Waals surface area contributed by atoms with Crippen LogP contribution in [0.1, 0.15) is 33.2 Å². The molecule has 0 aromatic heterocycles. The first-order valence-electron chi connectivity index (χ1n) is 7.84. The number of esters is 4. The third kappa shape index (κ3) is 3.15. The van der Waals surface area contributed by atoms with Crippen molar-refractivity contribution in [1.29, 1.82) is 0 Å². The Kier molecular flexibility index (Phi) is 4.54. The Bertz CT molecular complexity index is 999. The third-order valence-electron chi connectivity index (χ3n) is 4.47. The van der Waals surface area contributed by atoms with Gasteiger partial charge in [-0.1, -0.05) is 24.3 Å². The highest BCUT2D eigenvalue weighted by Crippen LogP contribution is 2.47. The first kappa shape index (κ1) is 19.3. The molecule has 0 bridgehead atoms. The van der Waals surface area contributed by atoms with E-state index in [4.69, 9.17) is 0 Å². The molecular formula is C19H11F3O6. The van der Waals surface area contributed by atoms with Crippen molar-refractivity contribution < 1.29 is 41.8 Å². The van der Waals surface area contributed by atoms with Gasteiger partial charge < -0.3 is 9.47 Å². The van der Waals surface area contributed by atoms with Gasteiger partial charge in [0.1, 0.15) is 5.41 Å². The standard InChI is InChI=1S/C19H11F3O6/c1-18(19(20,21)22,10-3-2-4-14(23)27-15(24)8-6-10)11-5-7-12-13(9-11)17(26)28-16(12)25/h2-9H,1H3/b4-2+,8-6?,10-3?. The third-order valence-corrected chi connectivity index (χ3v) is 4.47. The summed E-state index contributed by atoms with van der Waals surface area (Å²) in [6.07, 6.45) is -0.433. The molecule has 2 aliphatic rings. The Hall–Kier alpha value is -3.49. The number of benzene rings is 1. The fraction of sp³-hybridized carbons (Fsp3) is 0.158. The Labute approximate surface area is 155 Å². The SMILES string of the molecule is CC(C1=C/C=C/C(=O)OC(=O)C=C1)(c1ccc2c(c1)C(=O)OC2=O)C(F)(F)F. The van der Waals surface area contributed by atoms with Crippen LogP contribution in [0, 0.1) is 0 Å². The topological polar surface area (TPSA) is 86.7 Å². The van der Waals surface area contributed by atoms with Gasteiger partial charge >= 0.3 is 30.1 Å². The van der Waals surface area contributed by atoms with Crippen molar-refractivity contribution in [2.45, 2.75) is 18.5 Å². The zero-order valence-corrected chi connectivity index (χ0v) is 14.2. The van der Waals surface area contributed by atoms with Crippen molar-refractivity contribution in [2.24, 2.45) is 0 Å². The van der Waals surface area contributed by atoms with Crippen LogP contribution in [0.2, 0.25) is 0 Å². The average Bonchev–Trinajstić information content (AvgIpc) is 2.93. The first-order valence-corrected chi connectivity index (χ1v) is 7.84. The van der Waals surface area contributed by atoms with Gasteiger partial charge in [-0.2, -0.15) is 13.2 Å². The minimum Gasteiger partial charge on any atom is -0.387 e. The largest absolute Gasteiger partial charge is 0.402 e. The minimum atomic E-state index is -4.86. The number of ether oxygens (including phenoxy) is 2. The lowest BCUT2D eigenvalue weighted by Gasteiger charge is -2.34. The number of allylic oxidation sites excluding steroid dienone is 4. The van der Waals surface area contributed by atoms with Crippen molar-refractivity contribution >= 4 is 23.9 Å². The predicted molar refractivity (Wildman–Crippen MR) is 87.1 cm³/mol. The molecule has 0 amide bonds. The molecular weight excluding hydrogens is 381 g/mol. The number of hydrogen-bond donors (Lipinski definition) is 0. The maximum atomic E-state index is 14.1. The number of alkyl halides is 3. The van der Waals surface area contributed by atoms with Gasteiger partial charge in [-0.25, -0.2) is 19.2 Å². The van der Waals surface area contributed by atoms with E-state index in [9.17, 15) is 32.3 Å². The molecule has 1 unspecified atom stereocenters. The van der Waals surface area contributed by atoms with E-state index in [2.05, 4.69) is 9.47 Å². The highest BCUT2D eigenvalue weighted by molar-refractivity contribution is 6.14. The maximum Gasteiger partial charge on any atom is 0.402 e. The average molecular weight is 392 g/mol. The van der Waals surface area contributed by atoms with Crippen LogP contribution in [-0.2, 0) is 24.5 Å². The van der Waals surface area contributed by atoms with Crippen LogP contribution in [0.15, 0.2) is 54.2 Å². The number of cyclic esters (lactones) is 4. The molecule has 3 rings (SSSR count). The van der Waals surface area contributed by atoms with Crippen LogP contribution in [-0.4, -0.2) is 30.1 Å². The number of hydrogen-bond acceptors (Lipinski definition) is 6. The fourth-order valence-electron chi connectivity index (χ4n) is 2.83. The van der Waals surface area contributed by atoms with E-state index < -0.39 is 35.5 Å². The summed E-state index contributed by atoms with van der Waals surface area (Å²) in [6.45, 7) is 0.853. The minimum absolute atomic E-state index is 0.133. The monoisotopic (exact) mass is 392 g/mol. The van der Waals surface area contributed by atoms with E-state index in [1.165, 1.54) is 0 Å². The summed E-state index contributed by atoms with van der Waals surface area (Å²) in [5.41, 5.74) is -3.83. The molecule has 0 aliphatic carbocycles. The van der Waals surface area contributed by atoms with Crippen molar-refractivity contribution in [3.8, 4) is 0 Å². The molecule has 0 saturated heterocycles. The Balaban J connectivity index is 2.21. The van der Waals surface area contributed by atoms with Gasteiger partial charge in [0.2, 0.25) is 0 Å². The van der Waals surface area contributed by atoms with Gasteiger partial charge in [0, 0.05) is 12.2 Å². The van der Waals surface area contributed by atoms with Gasteiger partial charge in [0.15, 0.2) is 0 Å². The predicted octanol–water partition coefficient (Wildman–Crippen LogP) is 2.94. The quantitative estimate of drug-likeness (QED) is 0.568. The molecule has 0 saturated carbocycles. The van der Waals surface area contributed by atoms with E-state index in [1.807, 2.05) is 0 Å². The molecule has 6 nitrogen and oxygen atoms in total. The van der Waals surface area contributed by atoms with Gasteiger partial charge in [-0.15, -0.1) is 0 Å². The van der Waals surface area contributed by atoms with E-state index in [1.54, 1.807) is 0 Å². The summed E-state index contributed by atoms with van der Waals surface area (Å²) in [5, 5.41) is 0. The van der Waals surface area contributed by atoms with E-state index in [0.717, 1.165) is 49.4 Å². The number of carbonyl (C=O) groups is 4. The molecule has 0 spiro atoms. The second kappa shape index (κ2) is 6.59. The van der Waals surface area contributed by atoms with Gasteiger partial charge in [0.25, 0.3) is 0 Å². The van der Waals surface area contributed by atoms with Crippen LogP contribution in [0.3, 0.4) is 0 Å². The van der Waals surface area contributed by atoms with Gasteiger partial charge in [0.05, 0.1) is 11.1 Å². The van der Waals surface area contributed by atoms with E-state index in [-0.39, 0.29) is 22.3 Å². The van der Waals surface area contributed by atoms with Gasteiger partial charge in [-0.3, -0.25) is 0 Å². The molecule has 2 aliphatic heterocycles. The summed E-state index contributed by atoms with van der Waals surface area (Å²) in [6, 6.07) is 3.07. The Morgan fingerprint density at radius 2 is 1.46 bits per heavy atom. The smallest absolute Gasteiger partial charge is 0.387 e. The first-order chi connectivity index (χ1) is 13.0. The summed E-state index contributed by atoms with van der Waals surface area (Å²) in [4.78, 5) is 46.1. The Morgan fingerprint density at radius 3 is 2.14 bits per heavy atom. The van der Waals surface area contributed by atoms with Crippen molar-refractivity contribution in [3.05, 3.63) is 70.8 Å². The molecule has 0 radical (unpaired) electrons. The van der Waals surface area contributed by atoms with Crippen LogP contribution < -0.4 is 0 Å². The normalized spacial score (nSPS) is 20.2. The molecule has 1 atom stereocenters. The molecule has 0 N–H and O–H groups in total. The summed E-state index contributed by atoms with van der Waals surface area (Å²) >= 11 is 0. The van der Waals surface area contributed by atoms with Gasteiger partial charge in [-0.05, 0) is 30.2 Å². The summed E-state index contributed by atoms with van der Waals surface area (Å²) in [5.74, 6) is -4.14. The fourth-order valence-corrected chi connectivity index (χ4v) is 2.83. The lowest BCUT2D eigenvalue weighted by Crippen LogP contribution is -2.41. The zero-order valence-electron chi connectivity index (χ0n) is 14.2. The van der Waals surface area contributed by atoms with Crippen LogP contribution in [0.5, 0.6) is 0 Å². The molecule has 9 heteroatoms. The van der Waals surface area contributed by atoms with Crippen LogP contribution >= 0.6 is 0 Å². The second-order valence-electron chi connectivity index (χ2n) is 6.11. The molecule has 144 valence electrons. The van der Waals surface area contributed by atoms with Crippen LogP contribution in [0.4, 0.5) is 13.2 Å². The number of carbonyl (C=O) groups excluding carboxylic acids is 4. The summed E-state index contributed by atoms with van der Waals surface area (Å²) < 4.78 is 51.2. The zero-order chi connectivity index (χ0) is 20.7. The number of rotatable bonds is 2. The molecule has 28 heavy (non-hydrogen) atoms. The maximum absolute atomic E-state index is 14.1. The van der Waals surface area contributed by atoms with Crippen molar-refractivity contribution in [1.82, 2.24) is 0 Å². The lowest BCUT2D eigenvalue weighted by molar-refractivity contribution is -0.173. The Morgan fingerprint density at radius 1 is 0.821 bits per heavy atom. The number of halogens is 3. The highest BCUT2D eigenvalue weighted by Gasteiger charge is 2.54. The summed E-state index contributed by atoms with van der Waals surface area (Å²) in [7, 11) is 0. The second-order valence-corrected chi connectivity index (χ2v) is 6.11. The van der Waals surface area contributed by atoms with Crippen LogP contribution in [0.25, 0.3) is 0 Å². The lowest BCUT2D eigenvalue weighted by atomic mass is 9.74. The molecule has 0 fully saturated rings. The molecule has 2 heterocycles. The van der Waals surface area contributed by atoms with E-state index >= 15 is 0 Å².